The molecule has 0 saturated carbocycles. The number of carbonyl (C=O) groups excluding carboxylic acids is 2. The second-order valence-corrected chi connectivity index (χ2v) is 7.22. The van der Waals surface area contributed by atoms with Gasteiger partial charge in [0.25, 0.3) is 11.8 Å². The van der Waals surface area contributed by atoms with E-state index in [0.29, 0.717) is 39.3 Å². The van der Waals surface area contributed by atoms with Gasteiger partial charge in [-0.1, -0.05) is 0 Å². The molecule has 0 spiro atoms. The maximum atomic E-state index is 13.7. The highest BCUT2D eigenvalue weighted by Crippen LogP contribution is 2.34. The molecule has 3 heterocycles. The van der Waals surface area contributed by atoms with Gasteiger partial charge in [-0.05, 0) is 48.9 Å². The van der Waals surface area contributed by atoms with Gasteiger partial charge < -0.3 is 20.7 Å². The van der Waals surface area contributed by atoms with Crippen LogP contribution in [0, 0.1) is 19.7 Å². The lowest BCUT2D eigenvalue weighted by atomic mass is 10.0. The van der Waals surface area contributed by atoms with Gasteiger partial charge in [0, 0.05) is 29.2 Å². The van der Waals surface area contributed by atoms with Gasteiger partial charge in [0.15, 0.2) is 6.33 Å². The number of aliphatic hydroxyl groups excluding tert-OH is 1. The topological polar surface area (TPSA) is 138 Å². The molecule has 31 heavy (non-hydrogen) atoms. The summed E-state index contributed by atoms with van der Waals surface area (Å²) >= 11 is 0. The summed E-state index contributed by atoms with van der Waals surface area (Å²) in [5.41, 5.74) is 3.52. The molecule has 1 atom stereocenters. The predicted molar refractivity (Wildman–Crippen MR) is 109 cm³/mol. The molecular weight excluding hydrogens is 405 g/mol. The van der Waals surface area contributed by atoms with Crippen LogP contribution in [0.25, 0.3) is 11.6 Å². The number of benzene rings is 1. The summed E-state index contributed by atoms with van der Waals surface area (Å²) in [7, 11) is 0. The van der Waals surface area contributed by atoms with Crippen molar-refractivity contribution in [1.82, 2.24) is 30.5 Å². The van der Waals surface area contributed by atoms with E-state index in [1.807, 2.05) is 0 Å². The Morgan fingerprint density at radius 3 is 2.94 bits per heavy atom. The molecule has 4 N–H and O–H groups in total. The first-order valence-corrected chi connectivity index (χ1v) is 9.52. The van der Waals surface area contributed by atoms with Crippen LogP contribution in [-0.4, -0.2) is 54.8 Å². The summed E-state index contributed by atoms with van der Waals surface area (Å²) in [4.78, 5) is 29.4. The van der Waals surface area contributed by atoms with Gasteiger partial charge in [-0.25, -0.2) is 4.39 Å². The number of halogens is 1. The first-order valence-electron chi connectivity index (χ1n) is 9.52. The van der Waals surface area contributed by atoms with E-state index in [1.54, 1.807) is 19.9 Å². The molecule has 0 aliphatic carbocycles. The number of anilines is 1. The van der Waals surface area contributed by atoms with Crippen LogP contribution in [0.3, 0.4) is 0 Å². The zero-order chi connectivity index (χ0) is 22.1. The number of rotatable bonds is 6. The summed E-state index contributed by atoms with van der Waals surface area (Å²) in [5.74, 6) is -1.16. The number of aliphatic hydroxyl groups is 1. The third kappa shape index (κ3) is 4.08. The fraction of sp³-hybridized carbons (Fsp3) is 0.250. The molecule has 11 heteroatoms. The number of aryl methyl sites for hydroxylation is 1. The summed E-state index contributed by atoms with van der Waals surface area (Å²) < 4.78 is 13.7. The van der Waals surface area contributed by atoms with Gasteiger partial charge in [0.2, 0.25) is 0 Å². The molecule has 0 fully saturated rings. The Morgan fingerprint density at radius 2 is 2.19 bits per heavy atom. The number of aromatic amines is 1. The lowest BCUT2D eigenvalue weighted by molar-refractivity contribution is -0.110. The van der Waals surface area contributed by atoms with Crippen molar-refractivity contribution in [2.75, 3.05) is 11.9 Å². The number of aromatic nitrogens is 5. The van der Waals surface area contributed by atoms with E-state index in [2.05, 4.69) is 31.0 Å². The Labute approximate surface area is 176 Å². The number of nitrogens with zero attached hydrogens (tertiary/aromatic N) is 4. The van der Waals surface area contributed by atoms with Crippen molar-refractivity contribution in [2.45, 2.75) is 26.5 Å². The number of tetrazole rings is 1. The Bertz CT molecular complexity index is 1180. The molecule has 1 unspecified atom stereocenters. The number of nitrogens with one attached hydrogen (secondary N) is 3. The van der Waals surface area contributed by atoms with Gasteiger partial charge in [0.1, 0.15) is 5.82 Å². The number of H-pyrrole nitrogens is 1. The van der Waals surface area contributed by atoms with Crippen molar-refractivity contribution in [2.24, 2.45) is 0 Å². The summed E-state index contributed by atoms with van der Waals surface area (Å²) in [6, 6.07) is 4.08. The first-order chi connectivity index (χ1) is 14.8. The van der Waals surface area contributed by atoms with E-state index < -0.39 is 11.9 Å². The summed E-state index contributed by atoms with van der Waals surface area (Å²) in [6.07, 6.45) is 1.96. The number of hydrogen-bond acceptors (Lipinski definition) is 6. The fourth-order valence-electron chi connectivity index (χ4n) is 3.53. The second kappa shape index (κ2) is 8.11. The fourth-order valence-corrected chi connectivity index (χ4v) is 3.53. The lowest BCUT2D eigenvalue weighted by Crippen LogP contribution is -2.35. The Kier molecular flexibility index (Phi) is 5.34. The summed E-state index contributed by atoms with van der Waals surface area (Å²) in [6.45, 7) is 3.58. The third-order valence-electron chi connectivity index (χ3n) is 5.02. The minimum absolute atomic E-state index is 0.00405. The van der Waals surface area contributed by atoms with Crippen LogP contribution in [-0.2, 0) is 11.3 Å². The summed E-state index contributed by atoms with van der Waals surface area (Å²) in [5, 5.41) is 26.5. The van der Waals surface area contributed by atoms with E-state index in [4.69, 9.17) is 0 Å². The Morgan fingerprint density at radius 1 is 1.39 bits per heavy atom. The van der Waals surface area contributed by atoms with Crippen LogP contribution in [0.2, 0.25) is 0 Å². The average Bonchev–Trinajstić information content (AvgIpc) is 3.40. The molecule has 10 nitrogen and oxygen atoms in total. The average molecular weight is 425 g/mol. The molecule has 1 aromatic carbocycles. The normalized spacial score (nSPS) is 15.1. The number of carbonyl (C=O) groups is 2. The highest BCUT2D eigenvalue weighted by atomic mass is 19.1. The molecule has 2 amide bonds. The van der Waals surface area contributed by atoms with E-state index >= 15 is 0 Å². The SMILES string of the molecule is Cc1[nH]c(C=C2C(=O)Nc3ccc(F)cc32)c(C)c1C(=O)NCC(O)Cn1ncnn1. The van der Waals surface area contributed by atoms with Gasteiger partial charge >= 0.3 is 0 Å². The van der Waals surface area contributed by atoms with E-state index in [0.717, 1.165) is 0 Å². The highest BCUT2D eigenvalue weighted by Gasteiger charge is 2.26. The smallest absolute Gasteiger partial charge is 0.256 e. The molecule has 4 rings (SSSR count). The molecule has 0 radical (unpaired) electrons. The zero-order valence-electron chi connectivity index (χ0n) is 16.8. The standard InChI is InChI=1S/C20H20FN7O3/c1-10-17(6-15-14-5-12(21)3-4-16(14)26-19(15)30)25-11(2)18(10)20(31)22-7-13(29)8-28-24-9-23-27-28/h3-6,9,13,25,29H,7-8H2,1-2H3,(H,22,31)(H,26,30). The first kappa shape index (κ1) is 20.4. The van der Waals surface area contributed by atoms with Crippen LogP contribution < -0.4 is 10.6 Å². The van der Waals surface area contributed by atoms with Gasteiger partial charge in [-0.15, -0.1) is 10.2 Å². The predicted octanol–water partition coefficient (Wildman–Crippen LogP) is 1.04. The Hall–Kier alpha value is -3.86. The number of hydrogen-bond donors (Lipinski definition) is 4. The maximum absolute atomic E-state index is 13.7. The maximum Gasteiger partial charge on any atom is 0.256 e. The van der Waals surface area contributed by atoms with Crippen LogP contribution in [0.5, 0.6) is 0 Å². The molecule has 2 aromatic heterocycles. The number of amides is 2. The van der Waals surface area contributed by atoms with Crippen molar-refractivity contribution in [3.8, 4) is 0 Å². The zero-order valence-corrected chi connectivity index (χ0v) is 16.8. The van der Waals surface area contributed by atoms with Crippen molar-refractivity contribution in [3.63, 3.8) is 0 Å². The van der Waals surface area contributed by atoms with Crippen molar-refractivity contribution in [3.05, 3.63) is 58.4 Å². The van der Waals surface area contributed by atoms with E-state index in [1.165, 1.54) is 29.3 Å². The van der Waals surface area contributed by atoms with Crippen LogP contribution in [0.15, 0.2) is 24.5 Å². The van der Waals surface area contributed by atoms with Crippen molar-refractivity contribution >= 4 is 29.2 Å². The molecule has 1 aliphatic heterocycles. The molecular formula is C20H20FN7O3. The second-order valence-electron chi connectivity index (χ2n) is 7.22. The van der Waals surface area contributed by atoms with Gasteiger partial charge in [-0.2, -0.15) is 4.80 Å². The van der Waals surface area contributed by atoms with Gasteiger partial charge in [0.05, 0.1) is 23.8 Å². The largest absolute Gasteiger partial charge is 0.389 e. The highest BCUT2D eigenvalue weighted by molar-refractivity contribution is 6.34. The lowest BCUT2D eigenvalue weighted by Gasteiger charge is -2.11. The van der Waals surface area contributed by atoms with Crippen molar-refractivity contribution in [1.29, 1.82) is 0 Å². The monoisotopic (exact) mass is 425 g/mol. The van der Waals surface area contributed by atoms with E-state index in [9.17, 15) is 19.1 Å². The molecule has 0 bridgehead atoms. The van der Waals surface area contributed by atoms with Crippen molar-refractivity contribution < 1.29 is 19.1 Å². The Balaban J connectivity index is 1.53. The molecule has 1 aliphatic rings. The number of fused-ring (bicyclic) bond motifs is 1. The van der Waals surface area contributed by atoms with Crippen LogP contribution >= 0.6 is 0 Å². The van der Waals surface area contributed by atoms with Crippen LogP contribution in [0.1, 0.15) is 32.9 Å². The van der Waals surface area contributed by atoms with Crippen LogP contribution in [0.4, 0.5) is 10.1 Å². The van der Waals surface area contributed by atoms with E-state index in [-0.39, 0.29) is 24.9 Å². The molecule has 160 valence electrons. The molecule has 0 saturated heterocycles. The minimum Gasteiger partial charge on any atom is -0.389 e. The quantitative estimate of drug-likeness (QED) is 0.436. The minimum atomic E-state index is -0.895. The van der Waals surface area contributed by atoms with Gasteiger partial charge in [-0.3, -0.25) is 9.59 Å². The molecule has 3 aromatic rings. The third-order valence-corrected chi connectivity index (χ3v) is 5.02.